The molecular formula is C11H14FNO. The third-order valence-electron chi connectivity index (χ3n) is 2.06. The van der Waals surface area contributed by atoms with Gasteiger partial charge in [-0.2, -0.15) is 0 Å². The van der Waals surface area contributed by atoms with Crippen LogP contribution in [-0.4, -0.2) is 10.8 Å². The van der Waals surface area contributed by atoms with Crippen molar-refractivity contribution in [2.45, 2.75) is 32.6 Å². The van der Waals surface area contributed by atoms with Gasteiger partial charge in [-0.25, -0.2) is 4.39 Å². The number of ketones is 1. The Kier molecular flexibility index (Phi) is 4.23. The van der Waals surface area contributed by atoms with E-state index >= 15 is 0 Å². The van der Waals surface area contributed by atoms with E-state index in [1.54, 1.807) is 12.3 Å². The van der Waals surface area contributed by atoms with Crippen molar-refractivity contribution in [1.82, 2.24) is 4.98 Å². The second kappa shape index (κ2) is 5.47. The Bertz CT molecular complexity index is 312. The molecule has 14 heavy (non-hydrogen) atoms. The fraction of sp³-hybridized carbons (Fsp3) is 0.455. The van der Waals surface area contributed by atoms with Crippen LogP contribution >= 0.6 is 0 Å². The van der Waals surface area contributed by atoms with Gasteiger partial charge in [0.15, 0.2) is 0 Å². The van der Waals surface area contributed by atoms with Gasteiger partial charge in [-0.3, -0.25) is 9.78 Å². The Morgan fingerprint density at radius 3 is 2.93 bits per heavy atom. The maximum Gasteiger partial charge on any atom is 0.144 e. The van der Waals surface area contributed by atoms with Crippen molar-refractivity contribution in [2.24, 2.45) is 0 Å². The molecule has 3 heteroatoms. The number of aryl methyl sites for hydroxylation is 1. The molecule has 0 amide bonds. The van der Waals surface area contributed by atoms with E-state index in [9.17, 15) is 9.18 Å². The Morgan fingerprint density at radius 2 is 2.29 bits per heavy atom. The summed E-state index contributed by atoms with van der Waals surface area (Å²) in [6, 6.07) is 1.62. The first kappa shape index (κ1) is 10.8. The SMILES string of the molecule is CCCC(=O)CCc1ccncc1F. The van der Waals surface area contributed by atoms with Crippen molar-refractivity contribution in [2.75, 3.05) is 0 Å². The van der Waals surface area contributed by atoms with Crippen LogP contribution in [0, 0.1) is 5.82 Å². The minimum Gasteiger partial charge on any atom is -0.300 e. The monoisotopic (exact) mass is 195 g/mol. The number of carbonyl (C=O) groups is 1. The summed E-state index contributed by atoms with van der Waals surface area (Å²) in [5.41, 5.74) is 0.574. The third-order valence-corrected chi connectivity index (χ3v) is 2.06. The molecule has 0 aromatic carbocycles. The van der Waals surface area contributed by atoms with Crippen LogP contribution in [0.3, 0.4) is 0 Å². The number of Topliss-reactive ketones (excluding diaryl/α,β-unsaturated/α-hetero) is 1. The van der Waals surface area contributed by atoms with Gasteiger partial charge < -0.3 is 0 Å². The Balaban J connectivity index is 2.46. The van der Waals surface area contributed by atoms with E-state index < -0.39 is 0 Å². The number of rotatable bonds is 5. The van der Waals surface area contributed by atoms with Crippen molar-refractivity contribution in [3.05, 3.63) is 29.8 Å². The molecule has 1 heterocycles. The highest BCUT2D eigenvalue weighted by Crippen LogP contribution is 2.08. The third kappa shape index (κ3) is 3.24. The molecule has 1 aromatic heterocycles. The molecule has 0 saturated heterocycles. The first-order valence-electron chi connectivity index (χ1n) is 4.84. The van der Waals surface area contributed by atoms with E-state index in [0.29, 0.717) is 24.8 Å². The van der Waals surface area contributed by atoms with Crippen LogP contribution in [0.25, 0.3) is 0 Å². The van der Waals surface area contributed by atoms with Gasteiger partial charge in [0.1, 0.15) is 11.6 Å². The summed E-state index contributed by atoms with van der Waals surface area (Å²) >= 11 is 0. The maximum absolute atomic E-state index is 13.1. The number of nitrogens with zero attached hydrogens (tertiary/aromatic N) is 1. The van der Waals surface area contributed by atoms with Gasteiger partial charge in [0.2, 0.25) is 0 Å². The van der Waals surface area contributed by atoms with Gasteiger partial charge >= 0.3 is 0 Å². The van der Waals surface area contributed by atoms with Crippen molar-refractivity contribution in [3.63, 3.8) is 0 Å². The molecule has 0 aliphatic carbocycles. The fourth-order valence-electron chi connectivity index (χ4n) is 1.28. The number of carbonyl (C=O) groups excluding carboxylic acids is 1. The summed E-state index contributed by atoms with van der Waals surface area (Å²) in [5.74, 6) is -0.125. The number of hydrogen-bond acceptors (Lipinski definition) is 2. The van der Waals surface area contributed by atoms with Crippen LogP contribution < -0.4 is 0 Å². The van der Waals surface area contributed by atoms with Gasteiger partial charge in [-0.05, 0) is 24.5 Å². The average molecular weight is 195 g/mol. The van der Waals surface area contributed by atoms with Crippen LogP contribution in [-0.2, 0) is 11.2 Å². The van der Waals surface area contributed by atoms with E-state index in [1.807, 2.05) is 6.92 Å². The lowest BCUT2D eigenvalue weighted by molar-refractivity contribution is -0.119. The zero-order chi connectivity index (χ0) is 10.4. The van der Waals surface area contributed by atoms with Crippen LogP contribution in [0.15, 0.2) is 18.5 Å². The molecule has 1 aromatic rings. The van der Waals surface area contributed by atoms with E-state index in [0.717, 1.165) is 6.42 Å². The first-order chi connectivity index (χ1) is 6.74. The Hall–Kier alpha value is -1.25. The quantitative estimate of drug-likeness (QED) is 0.722. The van der Waals surface area contributed by atoms with Gasteiger partial charge in [0, 0.05) is 19.0 Å². The summed E-state index contributed by atoms with van der Waals surface area (Å²) in [6.45, 7) is 1.96. The molecule has 0 aliphatic rings. The van der Waals surface area contributed by atoms with E-state index in [2.05, 4.69) is 4.98 Å². The summed E-state index contributed by atoms with van der Waals surface area (Å²) in [6.07, 6.45) is 5.08. The lowest BCUT2D eigenvalue weighted by Gasteiger charge is -2.01. The molecule has 2 nitrogen and oxygen atoms in total. The van der Waals surface area contributed by atoms with E-state index in [4.69, 9.17) is 0 Å². The van der Waals surface area contributed by atoms with Crippen molar-refractivity contribution in [3.8, 4) is 0 Å². The predicted octanol–water partition coefficient (Wildman–Crippen LogP) is 2.52. The second-order valence-corrected chi connectivity index (χ2v) is 3.26. The molecule has 0 N–H and O–H groups in total. The molecule has 0 radical (unpaired) electrons. The summed E-state index contributed by atoms with van der Waals surface area (Å²) in [7, 11) is 0. The van der Waals surface area contributed by atoms with Crippen molar-refractivity contribution < 1.29 is 9.18 Å². The second-order valence-electron chi connectivity index (χ2n) is 3.26. The maximum atomic E-state index is 13.1. The van der Waals surface area contributed by atoms with Crippen LogP contribution in [0.1, 0.15) is 31.7 Å². The molecule has 0 fully saturated rings. The molecule has 0 spiro atoms. The topological polar surface area (TPSA) is 30.0 Å². The zero-order valence-corrected chi connectivity index (χ0v) is 8.29. The summed E-state index contributed by atoms with van der Waals surface area (Å²) < 4.78 is 13.1. The lowest BCUT2D eigenvalue weighted by atomic mass is 10.1. The minimum atomic E-state index is -0.322. The van der Waals surface area contributed by atoms with Crippen LogP contribution in [0.2, 0.25) is 0 Å². The smallest absolute Gasteiger partial charge is 0.144 e. The van der Waals surface area contributed by atoms with Gasteiger partial charge in [-0.15, -0.1) is 0 Å². The normalized spacial score (nSPS) is 10.1. The van der Waals surface area contributed by atoms with Gasteiger partial charge in [0.25, 0.3) is 0 Å². The fourth-order valence-corrected chi connectivity index (χ4v) is 1.28. The molecule has 1 rings (SSSR count). The summed E-state index contributed by atoms with van der Waals surface area (Å²) in [5, 5.41) is 0. The highest BCUT2D eigenvalue weighted by molar-refractivity contribution is 5.78. The predicted molar refractivity (Wildman–Crippen MR) is 52.4 cm³/mol. The largest absolute Gasteiger partial charge is 0.300 e. The standard InChI is InChI=1S/C11H14FNO/c1-2-3-10(14)5-4-9-6-7-13-8-11(9)12/h6-8H,2-5H2,1H3. The number of halogens is 1. The van der Waals surface area contributed by atoms with Crippen LogP contribution in [0.4, 0.5) is 4.39 Å². The van der Waals surface area contributed by atoms with Crippen LogP contribution in [0.5, 0.6) is 0 Å². The molecular weight excluding hydrogens is 181 g/mol. The molecule has 0 unspecified atom stereocenters. The van der Waals surface area contributed by atoms with Crippen molar-refractivity contribution in [1.29, 1.82) is 0 Å². The Morgan fingerprint density at radius 1 is 1.50 bits per heavy atom. The molecule has 0 bridgehead atoms. The zero-order valence-electron chi connectivity index (χ0n) is 8.29. The lowest BCUT2D eigenvalue weighted by Crippen LogP contribution is -2.00. The number of aromatic nitrogens is 1. The molecule has 0 saturated carbocycles. The molecule has 0 atom stereocenters. The number of hydrogen-bond donors (Lipinski definition) is 0. The van der Waals surface area contributed by atoms with E-state index in [-0.39, 0.29) is 11.6 Å². The molecule has 76 valence electrons. The molecule has 0 aliphatic heterocycles. The highest BCUT2D eigenvalue weighted by Gasteiger charge is 2.04. The minimum absolute atomic E-state index is 0.198. The summed E-state index contributed by atoms with van der Waals surface area (Å²) in [4.78, 5) is 14.8. The van der Waals surface area contributed by atoms with Gasteiger partial charge in [0.05, 0.1) is 6.20 Å². The first-order valence-corrected chi connectivity index (χ1v) is 4.84. The van der Waals surface area contributed by atoms with E-state index in [1.165, 1.54) is 6.20 Å². The highest BCUT2D eigenvalue weighted by atomic mass is 19.1. The number of pyridine rings is 1. The van der Waals surface area contributed by atoms with Gasteiger partial charge in [-0.1, -0.05) is 6.92 Å². The Labute approximate surface area is 83.2 Å². The van der Waals surface area contributed by atoms with Crippen molar-refractivity contribution >= 4 is 5.78 Å². The average Bonchev–Trinajstić information content (AvgIpc) is 2.17.